The number of halogens is 1. The number of aryl methyl sites for hydroxylation is 3. The number of hydrogen-bond donors (Lipinski definition) is 0. The molecule has 26 heavy (non-hydrogen) atoms. The van der Waals surface area contributed by atoms with Crippen molar-refractivity contribution in [1.29, 1.82) is 0 Å². The SMILES string of the molecule is Cc1cnc(CCc2cc(Cl)c3ccccc3c2)cc1N1CCCCC1. The number of fused-ring (bicyclic) bond motifs is 1. The Balaban J connectivity index is 1.53. The number of pyridine rings is 1. The van der Waals surface area contributed by atoms with Gasteiger partial charge in [-0.1, -0.05) is 41.9 Å². The predicted molar refractivity (Wildman–Crippen MR) is 111 cm³/mol. The third kappa shape index (κ3) is 3.71. The van der Waals surface area contributed by atoms with Crippen molar-refractivity contribution in [3.63, 3.8) is 0 Å². The number of aromatic nitrogens is 1. The van der Waals surface area contributed by atoms with Crippen LogP contribution in [0.25, 0.3) is 10.8 Å². The van der Waals surface area contributed by atoms with Crippen molar-refractivity contribution in [1.82, 2.24) is 4.98 Å². The molecule has 0 N–H and O–H groups in total. The smallest absolute Gasteiger partial charge is 0.0487 e. The maximum Gasteiger partial charge on any atom is 0.0487 e. The average Bonchev–Trinajstić information content (AvgIpc) is 2.68. The van der Waals surface area contributed by atoms with E-state index in [2.05, 4.69) is 53.2 Å². The van der Waals surface area contributed by atoms with Crippen LogP contribution in [0, 0.1) is 6.92 Å². The fraction of sp³-hybridized carbons (Fsp3) is 0.348. The Morgan fingerprint density at radius 1 is 1.00 bits per heavy atom. The standard InChI is InChI=1S/C23H25ClN2/c1-17-16-25-20(15-23(17)26-11-5-2-6-12-26)10-9-18-13-19-7-3-4-8-21(19)22(24)14-18/h3-4,7-8,13-16H,2,5-6,9-12H2,1H3. The van der Waals surface area contributed by atoms with Crippen LogP contribution >= 0.6 is 11.6 Å². The molecule has 1 aromatic heterocycles. The summed E-state index contributed by atoms with van der Waals surface area (Å²) in [5.41, 5.74) is 5.09. The average molecular weight is 365 g/mol. The molecule has 0 radical (unpaired) electrons. The van der Waals surface area contributed by atoms with Crippen LogP contribution in [0.1, 0.15) is 36.1 Å². The van der Waals surface area contributed by atoms with Gasteiger partial charge < -0.3 is 4.90 Å². The summed E-state index contributed by atoms with van der Waals surface area (Å²) in [6.45, 7) is 4.51. The van der Waals surface area contributed by atoms with Gasteiger partial charge in [-0.05, 0) is 67.7 Å². The number of hydrogen-bond acceptors (Lipinski definition) is 2. The van der Waals surface area contributed by atoms with Gasteiger partial charge in [0.25, 0.3) is 0 Å². The summed E-state index contributed by atoms with van der Waals surface area (Å²) in [6.07, 6.45) is 7.89. The lowest BCUT2D eigenvalue weighted by Crippen LogP contribution is -2.30. The van der Waals surface area contributed by atoms with Gasteiger partial charge in [0.1, 0.15) is 0 Å². The Labute approximate surface area is 160 Å². The Hall–Kier alpha value is -2.06. The van der Waals surface area contributed by atoms with Gasteiger partial charge in [0.05, 0.1) is 0 Å². The first-order valence-corrected chi connectivity index (χ1v) is 9.96. The van der Waals surface area contributed by atoms with Crippen molar-refractivity contribution >= 4 is 28.1 Å². The van der Waals surface area contributed by atoms with Crippen LogP contribution in [0.4, 0.5) is 5.69 Å². The van der Waals surface area contributed by atoms with Crippen molar-refractivity contribution in [3.05, 3.63) is 70.5 Å². The molecule has 1 saturated heterocycles. The van der Waals surface area contributed by atoms with Gasteiger partial charge in [-0.3, -0.25) is 4.98 Å². The highest BCUT2D eigenvalue weighted by Gasteiger charge is 2.14. The fourth-order valence-electron chi connectivity index (χ4n) is 3.91. The molecule has 0 saturated carbocycles. The molecule has 0 amide bonds. The molecule has 2 heterocycles. The third-order valence-electron chi connectivity index (χ3n) is 5.37. The second kappa shape index (κ2) is 7.67. The monoisotopic (exact) mass is 364 g/mol. The van der Waals surface area contributed by atoms with E-state index in [-0.39, 0.29) is 0 Å². The highest BCUT2D eigenvalue weighted by atomic mass is 35.5. The van der Waals surface area contributed by atoms with Crippen molar-refractivity contribution in [2.75, 3.05) is 18.0 Å². The molecule has 0 unspecified atom stereocenters. The van der Waals surface area contributed by atoms with E-state index in [1.54, 1.807) is 0 Å². The Bertz CT molecular complexity index is 913. The van der Waals surface area contributed by atoms with E-state index < -0.39 is 0 Å². The lowest BCUT2D eigenvalue weighted by Gasteiger charge is -2.30. The van der Waals surface area contributed by atoms with E-state index in [9.17, 15) is 0 Å². The van der Waals surface area contributed by atoms with Crippen molar-refractivity contribution in [2.45, 2.75) is 39.0 Å². The molecular weight excluding hydrogens is 340 g/mol. The fourth-order valence-corrected chi connectivity index (χ4v) is 4.22. The van der Waals surface area contributed by atoms with Gasteiger partial charge in [-0.15, -0.1) is 0 Å². The number of nitrogens with zero attached hydrogens (tertiary/aromatic N) is 2. The first-order chi connectivity index (χ1) is 12.7. The minimum absolute atomic E-state index is 0.837. The molecule has 1 fully saturated rings. The van der Waals surface area contributed by atoms with Gasteiger partial charge in [0, 0.05) is 41.1 Å². The minimum Gasteiger partial charge on any atom is -0.371 e. The maximum atomic E-state index is 6.47. The summed E-state index contributed by atoms with van der Waals surface area (Å²) >= 11 is 6.47. The van der Waals surface area contributed by atoms with Gasteiger partial charge >= 0.3 is 0 Å². The van der Waals surface area contributed by atoms with Crippen LogP contribution in [-0.4, -0.2) is 18.1 Å². The van der Waals surface area contributed by atoms with E-state index in [1.807, 2.05) is 12.3 Å². The third-order valence-corrected chi connectivity index (χ3v) is 5.68. The van der Waals surface area contributed by atoms with Crippen LogP contribution in [-0.2, 0) is 12.8 Å². The molecule has 2 aromatic carbocycles. The molecule has 4 rings (SSSR count). The van der Waals surface area contributed by atoms with Gasteiger partial charge in [0.2, 0.25) is 0 Å². The van der Waals surface area contributed by atoms with E-state index in [0.717, 1.165) is 23.3 Å². The zero-order valence-corrected chi connectivity index (χ0v) is 16.1. The maximum absolute atomic E-state index is 6.47. The molecule has 134 valence electrons. The van der Waals surface area contributed by atoms with Crippen molar-refractivity contribution < 1.29 is 0 Å². The van der Waals surface area contributed by atoms with Crippen LogP contribution in [0.3, 0.4) is 0 Å². The van der Waals surface area contributed by atoms with Crippen LogP contribution < -0.4 is 4.90 Å². The molecule has 0 atom stereocenters. The number of anilines is 1. The first-order valence-electron chi connectivity index (χ1n) is 9.58. The topological polar surface area (TPSA) is 16.1 Å². The zero-order valence-electron chi connectivity index (χ0n) is 15.3. The molecule has 3 aromatic rings. The quantitative estimate of drug-likeness (QED) is 0.566. The number of piperidine rings is 1. The van der Waals surface area contributed by atoms with E-state index >= 15 is 0 Å². The van der Waals surface area contributed by atoms with Crippen LogP contribution in [0.15, 0.2) is 48.7 Å². The van der Waals surface area contributed by atoms with E-state index in [0.29, 0.717) is 0 Å². The molecule has 3 heteroatoms. The molecule has 0 bridgehead atoms. The van der Waals surface area contributed by atoms with Crippen molar-refractivity contribution in [3.8, 4) is 0 Å². The zero-order chi connectivity index (χ0) is 17.9. The van der Waals surface area contributed by atoms with Crippen LogP contribution in [0.2, 0.25) is 5.02 Å². The second-order valence-electron chi connectivity index (χ2n) is 7.31. The highest BCUT2D eigenvalue weighted by Crippen LogP contribution is 2.27. The minimum atomic E-state index is 0.837. The highest BCUT2D eigenvalue weighted by molar-refractivity contribution is 6.35. The molecule has 1 aliphatic rings. The summed E-state index contributed by atoms with van der Waals surface area (Å²) in [7, 11) is 0. The largest absolute Gasteiger partial charge is 0.371 e. The second-order valence-corrected chi connectivity index (χ2v) is 7.72. The van der Waals surface area contributed by atoms with Crippen LogP contribution in [0.5, 0.6) is 0 Å². The number of rotatable bonds is 4. The van der Waals surface area contributed by atoms with Crippen molar-refractivity contribution in [2.24, 2.45) is 0 Å². The molecular formula is C23H25ClN2. The lowest BCUT2D eigenvalue weighted by molar-refractivity contribution is 0.576. The normalized spacial score (nSPS) is 14.8. The predicted octanol–water partition coefficient (Wildman–Crippen LogP) is 5.97. The number of benzene rings is 2. The molecule has 0 spiro atoms. The van der Waals surface area contributed by atoms with E-state index in [4.69, 9.17) is 11.6 Å². The Morgan fingerprint density at radius 3 is 2.65 bits per heavy atom. The molecule has 0 aliphatic carbocycles. The van der Waals surface area contributed by atoms with Gasteiger partial charge in [-0.2, -0.15) is 0 Å². The molecule has 1 aliphatic heterocycles. The Morgan fingerprint density at radius 2 is 1.81 bits per heavy atom. The molecule has 2 nitrogen and oxygen atoms in total. The summed E-state index contributed by atoms with van der Waals surface area (Å²) < 4.78 is 0. The van der Waals surface area contributed by atoms with Gasteiger partial charge in [0.15, 0.2) is 0 Å². The summed E-state index contributed by atoms with van der Waals surface area (Å²) in [4.78, 5) is 7.20. The summed E-state index contributed by atoms with van der Waals surface area (Å²) in [6, 6.07) is 15.0. The van der Waals surface area contributed by atoms with Gasteiger partial charge in [-0.25, -0.2) is 0 Å². The Kier molecular flexibility index (Phi) is 5.12. The summed E-state index contributed by atoms with van der Waals surface area (Å²) in [5, 5.41) is 3.17. The van der Waals surface area contributed by atoms with E-state index in [1.165, 1.54) is 60.2 Å². The lowest BCUT2D eigenvalue weighted by atomic mass is 10.0. The summed E-state index contributed by atoms with van der Waals surface area (Å²) in [5.74, 6) is 0. The first kappa shape index (κ1) is 17.4.